The molecule has 90 valence electrons. The molecular weight excluding hydrogens is 280 g/mol. The molecule has 0 spiro atoms. The summed E-state index contributed by atoms with van der Waals surface area (Å²) in [6.07, 6.45) is 0. The van der Waals surface area contributed by atoms with Crippen LogP contribution in [0.4, 0.5) is 5.69 Å². The molecule has 0 amide bonds. The molecule has 17 heavy (non-hydrogen) atoms. The van der Waals surface area contributed by atoms with Gasteiger partial charge in [-0.05, 0) is 41.9 Å². The fourth-order valence-corrected chi connectivity index (χ4v) is 2.55. The highest BCUT2D eigenvalue weighted by Crippen LogP contribution is 2.30. The molecule has 1 heterocycles. The van der Waals surface area contributed by atoms with E-state index in [9.17, 15) is 5.26 Å². The van der Waals surface area contributed by atoms with E-state index in [1.807, 2.05) is 18.2 Å². The zero-order valence-electron chi connectivity index (χ0n) is 10.0. The lowest BCUT2D eigenvalue weighted by Crippen LogP contribution is -2.48. The van der Waals surface area contributed by atoms with Gasteiger partial charge in [-0.3, -0.25) is 0 Å². The summed E-state index contributed by atoms with van der Waals surface area (Å²) in [5.41, 5.74) is 1.52. The molecule has 1 aromatic rings. The Labute approximate surface area is 110 Å². The largest absolute Gasteiger partial charge is 0.372 e. The summed E-state index contributed by atoms with van der Waals surface area (Å²) in [5.74, 6) is 0. The molecule has 1 fully saturated rings. The van der Waals surface area contributed by atoms with E-state index in [0.29, 0.717) is 12.2 Å². The van der Waals surface area contributed by atoms with Crippen LogP contribution >= 0.6 is 15.9 Å². The Bertz CT molecular complexity index is 465. The number of ether oxygens (including phenoxy) is 1. The molecular formula is C13H15BrN2O. The molecule has 1 aliphatic rings. The number of nitrogens with zero attached hydrogens (tertiary/aromatic N) is 2. The van der Waals surface area contributed by atoms with Crippen molar-refractivity contribution in [3.05, 3.63) is 28.2 Å². The van der Waals surface area contributed by atoms with E-state index < -0.39 is 0 Å². The normalized spacial score (nSPS) is 18.8. The number of morpholine rings is 1. The van der Waals surface area contributed by atoms with E-state index in [0.717, 1.165) is 23.2 Å². The van der Waals surface area contributed by atoms with Gasteiger partial charge in [0.15, 0.2) is 0 Å². The molecule has 1 saturated heterocycles. The van der Waals surface area contributed by atoms with Crippen molar-refractivity contribution in [3.63, 3.8) is 0 Å². The first-order valence-corrected chi connectivity index (χ1v) is 6.40. The van der Waals surface area contributed by atoms with Crippen molar-refractivity contribution in [2.24, 2.45) is 0 Å². The van der Waals surface area contributed by atoms with Crippen LogP contribution in [0.5, 0.6) is 0 Å². The lowest BCUT2D eigenvalue weighted by molar-refractivity contribution is -0.0277. The van der Waals surface area contributed by atoms with Gasteiger partial charge in [-0.2, -0.15) is 5.26 Å². The van der Waals surface area contributed by atoms with Gasteiger partial charge in [0.05, 0.1) is 23.5 Å². The van der Waals surface area contributed by atoms with E-state index >= 15 is 0 Å². The molecule has 1 aromatic carbocycles. The summed E-state index contributed by atoms with van der Waals surface area (Å²) in [4.78, 5) is 2.22. The van der Waals surface area contributed by atoms with Gasteiger partial charge in [0.1, 0.15) is 6.07 Å². The van der Waals surface area contributed by atoms with E-state index in [-0.39, 0.29) is 5.60 Å². The average molecular weight is 295 g/mol. The number of benzene rings is 1. The summed E-state index contributed by atoms with van der Waals surface area (Å²) in [5, 5.41) is 9.22. The third-order valence-corrected chi connectivity index (χ3v) is 3.53. The van der Waals surface area contributed by atoms with Gasteiger partial charge in [-0.1, -0.05) is 6.07 Å². The van der Waals surface area contributed by atoms with E-state index in [4.69, 9.17) is 4.74 Å². The number of nitriles is 1. The first kappa shape index (κ1) is 12.4. The molecule has 1 aliphatic heterocycles. The van der Waals surface area contributed by atoms with Crippen LogP contribution < -0.4 is 4.90 Å². The van der Waals surface area contributed by atoms with E-state index in [1.54, 1.807) is 0 Å². The summed E-state index contributed by atoms with van der Waals surface area (Å²) < 4.78 is 6.53. The number of halogens is 1. The number of rotatable bonds is 1. The Balaban J connectivity index is 2.35. The Hall–Kier alpha value is -1.05. The summed E-state index contributed by atoms with van der Waals surface area (Å²) in [6.45, 7) is 6.48. The maximum atomic E-state index is 9.22. The van der Waals surface area contributed by atoms with Crippen LogP contribution in [0.1, 0.15) is 19.4 Å². The van der Waals surface area contributed by atoms with Crippen LogP contribution in [0.15, 0.2) is 22.7 Å². The molecule has 2 rings (SSSR count). The Morgan fingerprint density at radius 2 is 2.24 bits per heavy atom. The van der Waals surface area contributed by atoms with E-state index in [1.165, 1.54) is 0 Å². The zero-order chi connectivity index (χ0) is 12.5. The SMILES string of the molecule is CC1(C)CN(c2cccc(Br)c2C#N)CCO1. The first-order chi connectivity index (χ1) is 8.03. The van der Waals surface area contributed by atoms with Gasteiger partial charge >= 0.3 is 0 Å². The quantitative estimate of drug-likeness (QED) is 0.799. The fourth-order valence-electron chi connectivity index (χ4n) is 2.11. The highest BCUT2D eigenvalue weighted by Gasteiger charge is 2.28. The molecule has 0 radical (unpaired) electrons. The van der Waals surface area contributed by atoms with Crippen LogP contribution in [-0.4, -0.2) is 25.3 Å². The van der Waals surface area contributed by atoms with Crippen molar-refractivity contribution in [2.75, 3.05) is 24.6 Å². The highest BCUT2D eigenvalue weighted by molar-refractivity contribution is 9.10. The van der Waals surface area contributed by atoms with Gasteiger partial charge in [-0.25, -0.2) is 0 Å². The van der Waals surface area contributed by atoms with Gasteiger partial charge in [-0.15, -0.1) is 0 Å². The second kappa shape index (κ2) is 4.67. The van der Waals surface area contributed by atoms with E-state index in [2.05, 4.69) is 40.7 Å². The maximum Gasteiger partial charge on any atom is 0.103 e. The minimum absolute atomic E-state index is 0.159. The predicted octanol–water partition coefficient (Wildman–Crippen LogP) is 2.94. The fraction of sp³-hybridized carbons (Fsp3) is 0.462. The average Bonchev–Trinajstić information content (AvgIpc) is 2.27. The Kier molecular flexibility index (Phi) is 3.41. The van der Waals surface area contributed by atoms with Crippen molar-refractivity contribution < 1.29 is 4.74 Å². The summed E-state index contributed by atoms with van der Waals surface area (Å²) >= 11 is 3.42. The molecule has 0 N–H and O–H groups in total. The van der Waals surface area contributed by atoms with Crippen LogP contribution in [0.3, 0.4) is 0 Å². The minimum Gasteiger partial charge on any atom is -0.372 e. The standard InChI is InChI=1S/C13H15BrN2O/c1-13(2)9-16(6-7-17-13)12-5-3-4-11(14)10(12)8-15/h3-5H,6-7,9H2,1-2H3. The van der Waals surface area contributed by atoms with Crippen molar-refractivity contribution in [1.29, 1.82) is 5.26 Å². The van der Waals surface area contributed by atoms with Crippen LogP contribution in [0.2, 0.25) is 0 Å². The number of hydrogen-bond acceptors (Lipinski definition) is 3. The van der Waals surface area contributed by atoms with Crippen molar-refractivity contribution >= 4 is 21.6 Å². The first-order valence-electron chi connectivity index (χ1n) is 5.61. The number of anilines is 1. The maximum absolute atomic E-state index is 9.22. The third kappa shape index (κ3) is 2.62. The molecule has 0 unspecified atom stereocenters. The smallest absolute Gasteiger partial charge is 0.103 e. The van der Waals surface area contributed by atoms with Crippen molar-refractivity contribution in [2.45, 2.75) is 19.4 Å². The topological polar surface area (TPSA) is 36.3 Å². The monoisotopic (exact) mass is 294 g/mol. The second-order valence-electron chi connectivity index (χ2n) is 4.78. The zero-order valence-corrected chi connectivity index (χ0v) is 11.6. The second-order valence-corrected chi connectivity index (χ2v) is 5.63. The van der Waals surface area contributed by atoms with Crippen molar-refractivity contribution in [1.82, 2.24) is 0 Å². The van der Waals surface area contributed by atoms with Crippen LogP contribution in [0, 0.1) is 11.3 Å². The van der Waals surface area contributed by atoms with Crippen molar-refractivity contribution in [3.8, 4) is 6.07 Å². The number of hydrogen-bond donors (Lipinski definition) is 0. The van der Waals surface area contributed by atoms with Gasteiger partial charge in [0.2, 0.25) is 0 Å². The van der Waals surface area contributed by atoms with Gasteiger partial charge < -0.3 is 9.64 Å². The van der Waals surface area contributed by atoms with Crippen LogP contribution in [0.25, 0.3) is 0 Å². The Morgan fingerprint density at radius 1 is 1.47 bits per heavy atom. The molecule has 3 nitrogen and oxygen atoms in total. The van der Waals surface area contributed by atoms with Crippen LogP contribution in [-0.2, 0) is 4.74 Å². The molecule has 0 aromatic heterocycles. The molecule has 0 bridgehead atoms. The predicted molar refractivity (Wildman–Crippen MR) is 71.1 cm³/mol. The summed E-state index contributed by atoms with van der Waals surface area (Å²) in [6, 6.07) is 8.11. The molecule has 0 saturated carbocycles. The molecule has 4 heteroatoms. The third-order valence-electron chi connectivity index (χ3n) is 2.87. The molecule has 0 atom stereocenters. The van der Waals surface area contributed by atoms with Gasteiger partial charge in [0.25, 0.3) is 0 Å². The highest BCUT2D eigenvalue weighted by atomic mass is 79.9. The summed E-state index contributed by atoms with van der Waals surface area (Å²) in [7, 11) is 0. The lowest BCUT2D eigenvalue weighted by atomic mass is 10.1. The lowest BCUT2D eigenvalue weighted by Gasteiger charge is -2.39. The minimum atomic E-state index is -0.159. The molecule has 0 aliphatic carbocycles. The Morgan fingerprint density at radius 3 is 2.88 bits per heavy atom. The van der Waals surface area contributed by atoms with Gasteiger partial charge in [0, 0.05) is 17.6 Å².